The molecular formula is C29H30F5N7O. The minimum absolute atomic E-state index is 0.00286. The Kier molecular flexibility index (Phi) is 7.24. The number of fused-ring (bicyclic) bond motifs is 1. The molecule has 1 aliphatic carbocycles. The predicted octanol–water partition coefficient (Wildman–Crippen LogP) is 5.23. The normalized spacial score (nSPS) is 19.8. The van der Waals surface area contributed by atoms with Gasteiger partial charge in [0, 0.05) is 81.2 Å². The Morgan fingerprint density at radius 1 is 1.12 bits per heavy atom. The molecule has 8 nitrogen and oxygen atoms in total. The van der Waals surface area contributed by atoms with Crippen LogP contribution in [0.4, 0.5) is 22.0 Å². The molecule has 6 rings (SSSR count). The Labute approximate surface area is 238 Å². The zero-order valence-corrected chi connectivity index (χ0v) is 22.9. The van der Waals surface area contributed by atoms with Crippen LogP contribution in [0.25, 0.3) is 22.2 Å². The van der Waals surface area contributed by atoms with Gasteiger partial charge in [-0.25, -0.2) is 13.8 Å². The molecule has 1 saturated carbocycles. The van der Waals surface area contributed by atoms with E-state index in [1.54, 1.807) is 23.3 Å². The van der Waals surface area contributed by atoms with Crippen molar-refractivity contribution in [2.45, 2.75) is 50.9 Å². The van der Waals surface area contributed by atoms with Crippen LogP contribution >= 0.6 is 0 Å². The molecule has 1 N–H and O–H groups in total. The minimum Gasteiger partial charge on any atom is -0.342 e. The molecule has 1 aromatic carbocycles. The fourth-order valence-electron chi connectivity index (χ4n) is 5.51. The number of benzene rings is 1. The monoisotopic (exact) mass is 587 g/mol. The lowest BCUT2D eigenvalue weighted by atomic mass is 10.1. The first-order valence-electron chi connectivity index (χ1n) is 13.9. The van der Waals surface area contributed by atoms with Crippen molar-refractivity contribution in [3.8, 4) is 11.1 Å². The second kappa shape index (κ2) is 10.8. The molecule has 0 spiro atoms. The number of amides is 1. The van der Waals surface area contributed by atoms with Crippen molar-refractivity contribution in [1.29, 1.82) is 0 Å². The number of imidazole rings is 1. The molecule has 1 saturated heterocycles. The van der Waals surface area contributed by atoms with E-state index in [1.165, 1.54) is 4.90 Å². The SMILES string of the molecule is CC(c1ccnc(Cc2nc3ccc(-c4cnn(CC5CC5(F)F)c4)cc3[nH]2)c1)N1CCN(C(=O)CC(F)(F)F)CC1. The van der Waals surface area contributed by atoms with E-state index in [0.717, 1.165) is 39.2 Å². The van der Waals surface area contributed by atoms with Gasteiger partial charge in [0.05, 0.1) is 17.2 Å². The number of H-pyrrole nitrogens is 1. The number of halogens is 5. The summed E-state index contributed by atoms with van der Waals surface area (Å²) < 4.78 is 65.9. The van der Waals surface area contributed by atoms with Gasteiger partial charge in [0.25, 0.3) is 5.92 Å². The maximum Gasteiger partial charge on any atom is 0.397 e. The minimum atomic E-state index is -4.50. The van der Waals surface area contributed by atoms with E-state index in [1.807, 2.05) is 37.3 Å². The highest BCUT2D eigenvalue weighted by Crippen LogP contribution is 2.49. The predicted molar refractivity (Wildman–Crippen MR) is 145 cm³/mol. The number of rotatable bonds is 8. The third kappa shape index (κ3) is 6.30. The maximum atomic E-state index is 13.3. The Morgan fingerprint density at radius 3 is 2.60 bits per heavy atom. The summed E-state index contributed by atoms with van der Waals surface area (Å²) in [6.45, 7) is 3.73. The average Bonchev–Trinajstić information content (AvgIpc) is 3.27. The van der Waals surface area contributed by atoms with Crippen molar-refractivity contribution in [2.24, 2.45) is 5.92 Å². The van der Waals surface area contributed by atoms with Gasteiger partial charge in [0.1, 0.15) is 12.2 Å². The van der Waals surface area contributed by atoms with Gasteiger partial charge in [-0.15, -0.1) is 0 Å². The Hall–Kier alpha value is -3.87. The molecule has 2 unspecified atom stereocenters. The Morgan fingerprint density at radius 2 is 1.88 bits per heavy atom. The van der Waals surface area contributed by atoms with Gasteiger partial charge in [-0.05, 0) is 42.3 Å². The van der Waals surface area contributed by atoms with Crippen molar-refractivity contribution in [1.82, 2.24) is 34.5 Å². The smallest absolute Gasteiger partial charge is 0.342 e. The van der Waals surface area contributed by atoms with Crippen LogP contribution in [0, 0.1) is 5.92 Å². The number of piperazine rings is 1. The van der Waals surface area contributed by atoms with E-state index < -0.39 is 30.3 Å². The molecule has 222 valence electrons. The summed E-state index contributed by atoms with van der Waals surface area (Å²) in [5.74, 6) is -3.37. The van der Waals surface area contributed by atoms with Gasteiger partial charge < -0.3 is 9.88 Å². The summed E-state index contributed by atoms with van der Waals surface area (Å²) in [6, 6.07) is 9.72. The number of carbonyl (C=O) groups excluding carboxylic acids is 1. The lowest BCUT2D eigenvalue weighted by Crippen LogP contribution is -2.50. The van der Waals surface area contributed by atoms with E-state index in [0.29, 0.717) is 19.5 Å². The molecule has 1 aliphatic heterocycles. The van der Waals surface area contributed by atoms with Crippen LogP contribution < -0.4 is 0 Å². The van der Waals surface area contributed by atoms with Crippen LogP contribution in [0.15, 0.2) is 48.9 Å². The van der Waals surface area contributed by atoms with Crippen molar-refractivity contribution in [3.05, 3.63) is 66.0 Å². The second-order valence-corrected chi connectivity index (χ2v) is 11.2. The van der Waals surface area contributed by atoms with Crippen molar-refractivity contribution in [2.75, 3.05) is 26.2 Å². The number of nitrogens with zero attached hydrogens (tertiary/aromatic N) is 6. The van der Waals surface area contributed by atoms with Crippen LogP contribution in [0.3, 0.4) is 0 Å². The van der Waals surface area contributed by atoms with Crippen molar-refractivity contribution >= 4 is 16.9 Å². The third-order valence-corrected chi connectivity index (χ3v) is 8.10. The number of aromatic nitrogens is 5. The highest BCUT2D eigenvalue weighted by atomic mass is 19.4. The molecule has 4 heterocycles. The third-order valence-electron chi connectivity index (χ3n) is 8.10. The van der Waals surface area contributed by atoms with Gasteiger partial charge in [0.15, 0.2) is 0 Å². The molecule has 0 bridgehead atoms. The molecule has 1 amide bonds. The maximum absolute atomic E-state index is 13.3. The van der Waals surface area contributed by atoms with E-state index in [9.17, 15) is 26.7 Å². The molecule has 4 aromatic rings. The molecule has 0 radical (unpaired) electrons. The molecule has 42 heavy (non-hydrogen) atoms. The molecule has 2 fully saturated rings. The van der Waals surface area contributed by atoms with Crippen LogP contribution in [-0.4, -0.2) is 78.7 Å². The summed E-state index contributed by atoms with van der Waals surface area (Å²) in [6.07, 6.45) is -0.345. The lowest BCUT2D eigenvalue weighted by Gasteiger charge is -2.38. The van der Waals surface area contributed by atoms with Crippen molar-refractivity contribution in [3.63, 3.8) is 0 Å². The van der Waals surface area contributed by atoms with E-state index in [-0.39, 0.29) is 32.1 Å². The fraction of sp³-hybridized carbons (Fsp3) is 0.448. The largest absolute Gasteiger partial charge is 0.397 e. The van der Waals surface area contributed by atoms with E-state index in [4.69, 9.17) is 4.98 Å². The topological polar surface area (TPSA) is 82.9 Å². The molecular weight excluding hydrogens is 557 g/mol. The average molecular weight is 588 g/mol. The number of aromatic amines is 1. The Balaban J connectivity index is 1.09. The lowest BCUT2D eigenvalue weighted by molar-refractivity contribution is -0.162. The van der Waals surface area contributed by atoms with Gasteiger partial charge in [-0.3, -0.25) is 19.4 Å². The van der Waals surface area contributed by atoms with Crippen LogP contribution in [0.1, 0.15) is 42.9 Å². The first-order valence-corrected chi connectivity index (χ1v) is 13.9. The van der Waals surface area contributed by atoms with Crippen LogP contribution in [0.2, 0.25) is 0 Å². The molecule has 2 aliphatic rings. The van der Waals surface area contributed by atoms with Gasteiger partial charge in [-0.1, -0.05) is 6.07 Å². The standard InChI is InChI=1S/C29H30F5N7O/c1-18(39-6-8-40(9-7-39)27(42)14-29(32,33)34)19-4-5-35-23(10-19)12-26-37-24-3-2-20(11-25(24)38-26)21-15-36-41(16-21)17-22-13-28(22,30)31/h2-5,10-11,15-16,18,22H,6-9,12-14,17H2,1H3,(H,37,38). The first-order chi connectivity index (χ1) is 19.9. The number of hydrogen-bond donors (Lipinski definition) is 1. The summed E-state index contributed by atoms with van der Waals surface area (Å²) in [4.78, 5) is 27.9. The first kappa shape index (κ1) is 28.3. The highest BCUT2D eigenvalue weighted by molar-refractivity contribution is 5.81. The fourth-order valence-corrected chi connectivity index (χ4v) is 5.51. The Bertz CT molecular complexity index is 1590. The quantitative estimate of drug-likeness (QED) is 0.286. The molecule has 3 aromatic heterocycles. The van der Waals surface area contributed by atoms with Gasteiger partial charge >= 0.3 is 6.18 Å². The summed E-state index contributed by atoms with van der Waals surface area (Å²) in [5, 5.41) is 4.25. The van der Waals surface area contributed by atoms with Crippen LogP contribution in [0.5, 0.6) is 0 Å². The van der Waals surface area contributed by atoms with E-state index in [2.05, 4.69) is 20.0 Å². The summed E-state index contributed by atoms with van der Waals surface area (Å²) in [7, 11) is 0. The zero-order chi connectivity index (χ0) is 29.6. The molecule has 13 heteroatoms. The van der Waals surface area contributed by atoms with Crippen molar-refractivity contribution < 1.29 is 26.7 Å². The zero-order valence-electron chi connectivity index (χ0n) is 22.9. The second-order valence-electron chi connectivity index (χ2n) is 11.2. The number of pyridine rings is 1. The number of nitrogens with one attached hydrogen (secondary N) is 1. The highest BCUT2D eigenvalue weighted by Gasteiger charge is 2.56. The molecule has 2 atom stereocenters. The number of hydrogen-bond acceptors (Lipinski definition) is 5. The van der Waals surface area contributed by atoms with Gasteiger partial charge in [-0.2, -0.15) is 18.3 Å². The number of alkyl halides is 5. The van der Waals surface area contributed by atoms with Gasteiger partial charge in [0.2, 0.25) is 5.91 Å². The number of carbonyl (C=O) groups is 1. The summed E-state index contributed by atoms with van der Waals surface area (Å²) >= 11 is 0. The van der Waals surface area contributed by atoms with E-state index >= 15 is 0 Å². The summed E-state index contributed by atoms with van der Waals surface area (Å²) in [5.41, 5.74) is 5.21. The van der Waals surface area contributed by atoms with Crippen LogP contribution in [-0.2, 0) is 17.8 Å².